The van der Waals surface area contributed by atoms with E-state index in [-0.39, 0.29) is 0 Å². The van der Waals surface area contributed by atoms with Crippen molar-refractivity contribution >= 4 is 47.4 Å². The van der Waals surface area contributed by atoms with E-state index in [1.807, 2.05) is 0 Å². The minimum atomic E-state index is 0.884. The zero-order chi connectivity index (χ0) is 15.8. The van der Waals surface area contributed by atoms with E-state index in [0.717, 1.165) is 18.8 Å². The molecule has 0 saturated heterocycles. The third-order valence-electron chi connectivity index (χ3n) is 4.25. The van der Waals surface area contributed by atoms with Crippen molar-refractivity contribution in [3.63, 3.8) is 0 Å². The predicted molar refractivity (Wildman–Crippen MR) is 106 cm³/mol. The normalized spacial score (nSPS) is 16.3. The van der Waals surface area contributed by atoms with Crippen LogP contribution in [0.15, 0.2) is 48.5 Å². The van der Waals surface area contributed by atoms with Crippen LogP contribution in [-0.4, -0.2) is 11.6 Å². The van der Waals surface area contributed by atoms with E-state index in [0.29, 0.717) is 0 Å². The number of benzene rings is 2. The summed E-state index contributed by atoms with van der Waals surface area (Å²) in [4.78, 5) is 0. The molecule has 118 valence electrons. The van der Waals surface area contributed by atoms with Gasteiger partial charge in [-0.1, -0.05) is 42.5 Å². The first-order valence-electron chi connectivity index (χ1n) is 7.61. The Morgan fingerprint density at radius 3 is 2.61 bits per heavy atom. The Bertz CT molecular complexity index is 777. The Morgan fingerprint density at radius 2 is 1.83 bits per heavy atom. The molecule has 0 unspecified atom stereocenters. The molecular formula is C17H17IN4S. The zero-order valence-electron chi connectivity index (χ0n) is 12.7. The summed E-state index contributed by atoms with van der Waals surface area (Å²) in [5.74, 6) is 0. The van der Waals surface area contributed by atoms with Crippen molar-refractivity contribution in [3.05, 3.63) is 65.2 Å². The maximum Gasteiger partial charge on any atom is 0.0865 e. The number of hydrogen-bond acceptors (Lipinski definition) is 5. The van der Waals surface area contributed by atoms with Gasteiger partial charge >= 0.3 is 0 Å². The number of fused-ring (bicyclic) bond motifs is 4. The molecule has 4 rings (SSSR count). The van der Waals surface area contributed by atoms with Gasteiger partial charge in [-0.05, 0) is 18.6 Å². The van der Waals surface area contributed by atoms with Crippen LogP contribution in [0.4, 0.5) is 5.69 Å². The highest BCUT2D eigenvalue weighted by Gasteiger charge is 2.30. The highest BCUT2D eigenvalue weighted by molar-refractivity contribution is 14.2. The predicted octanol–water partition coefficient (Wildman–Crippen LogP) is 4.18. The van der Waals surface area contributed by atoms with Crippen LogP contribution in [0, 0.1) is 0 Å². The smallest absolute Gasteiger partial charge is 0.0865 e. The first-order valence-corrected chi connectivity index (χ1v) is 10.9. The molecule has 0 aliphatic carbocycles. The summed E-state index contributed by atoms with van der Waals surface area (Å²) in [6, 6.07) is 17.3. The molecule has 2 N–H and O–H groups in total. The molecule has 0 spiro atoms. The summed E-state index contributed by atoms with van der Waals surface area (Å²) < 4.78 is 2.34. The first-order chi connectivity index (χ1) is 11.3. The lowest BCUT2D eigenvalue weighted by molar-refractivity contribution is 0.302. The number of hydrazine groups is 2. The van der Waals surface area contributed by atoms with E-state index >= 15 is 0 Å². The second kappa shape index (κ2) is 6.26. The monoisotopic (exact) mass is 436 g/mol. The maximum atomic E-state index is 3.39. The summed E-state index contributed by atoms with van der Waals surface area (Å²) >= 11 is 2.36. The SMILES string of the molecule is CCN1NNC2=C1c1ccccc1CN(SI)c1ccccc12. The van der Waals surface area contributed by atoms with Gasteiger partial charge in [0, 0.05) is 48.0 Å². The van der Waals surface area contributed by atoms with E-state index in [1.54, 1.807) is 9.12 Å². The number of nitrogens with one attached hydrogen (secondary N) is 2. The number of nitrogens with zero attached hydrogens (tertiary/aromatic N) is 2. The van der Waals surface area contributed by atoms with Crippen molar-refractivity contribution in [2.24, 2.45) is 0 Å². The molecule has 2 heterocycles. The van der Waals surface area contributed by atoms with Crippen LogP contribution >= 0.6 is 30.3 Å². The molecule has 0 radical (unpaired) electrons. The van der Waals surface area contributed by atoms with Crippen LogP contribution in [0.1, 0.15) is 23.6 Å². The van der Waals surface area contributed by atoms with Crippen LogP contribution in [0.5, 0.6) is 0 Å². The molecular weight excluding hydrogens is 419 g/mol. The van der Waals surface area contributed by atoms with Crippen LogP contribution in [0.25, 0.3) is 11.4 Å². The molecule has 0 aromatic heterocycles. The van der Waals surface area contributed by atoms with Crippen molar-refractivity contribution in [1.82, 2.24) is 16.0 Å². The molecule has 2 aliphatic rings. The second-order valence-electron chi connectivity index (χ2n) is 5.48. The third-order valence-corrected chi connectivity index (χ3v) is 6.17. The average Bonchev–Trinajstić information content (AvgIpc) is 3.02. The average molecular weight is 436 g/mol. The molecule has 0 atom stereocenters. The fraction of sp³-hybridized carbons (Fsp3) is 0.176. The van der Waals surface area contributed by atoms with Gasteiger partial charge in [0.25, 0.3) is 0 Å². The van der Waals surface area contributed by atoms with E-state index < -0.39 is 0 Å². The van der Waals surface area contributed by atoms with E-state index in [9.17, 15) is 0 Å². The molecule has 2 aliphatic heterocycles. The Labute approximate surface area is 152 Å². The first kappa shape index (κ1) is 15.2. The molecule has 2 aromatic rings. The molecule has 23 heavy (non-hydrogen) atoms. The topological polar surface area (TPSA) is 30.5 Å². The second-order valence-corrected chi connectivity index (χ2v) is 7.25. The maximum absolute atomic E-state index is 3.39. The van der Waals surface area contributed by atoms with Gasteiger partial charge in [-0.2, -0.15) is 0 Å². The van der Waals surface area contributed by atoms with Gasteiger partial charge in [-0.25, -0.2) is 0 Å². The Balaban J connectivity index is 2.02. The van der Waals surface area contributed by atoms with Gasteiger partial charge in [0.1, 0.15) is 0 Å². The minimum Gasteiger partial charge on any atom is -0.302 e. The highest BCUT2D eigenvalue weighted by Crippen LogP contribution is 2.42. The number of anilines is 1. The van der Waals surface area contributed by atoms with Gasteiger partial charge < -0.3 is 9.73 Å². The van der Waals surface area contributed by atoms with Crippen molar-refractivity contribution in [2.75, 3.05) is 10.8 Å². The molecule has 0 amide bonds. The van der Waals surface area contributed by atoms with E-state index in [1.165, 1.54) is 28.1 Å². The fourth-order valence-corrected chi connectivity index (χ4v) is 4.65. The molecule has 6 heteroatoms. The Kier molecular flexibility index (Phi) is 4.13. The molecule has 0 fully saturated rings. The summed E-state index contributed by atoms with van der Waals surface area (Å²) in [5.41, 5.74) is 14.1. The fourth-order valence-electron chi connectivity index (χ4n) is 3.18. The van der Waals surface area contributed by atoms with Crippen LogP contribution < -0.4 is 15.3 Å². The van der Waals surface area contributed by atoms with Crippen molar-refractivity contribution in [3.8, 4) is 0 Å². The summed E-state index contributed by atoms with van der Waals surface area (Å²) in [7, 11) is 1.73. The standard InChI is InChI=1S/C17H17IN4S/c1-2-21-17-13-8-4-3-7-12(13)11-22(23-18)15-10-6-5-9-14(15)16(17)19-20-21/h3-10,19-20H,2,11H2,1H3. The number of halogens is 1. The zero-order valence-corrected chi connectivity index (χ0v) is 15.7. The van der Waals surface area contributed by atoms with Gasteiger partial charge in [0.2, 0.25) is 0 Å². The molecule has 0 bridgehead atoms. The van der Waals surface area contributed by atoms with Gasteiger partial charge in [-0.15, -0.1) is 5.53 Å². The minimum absolute atomic E-state index is 0.884. The van der Waals surface area contributed by atoms with Crippen LogP contribution in [0.3, 0.4) is 0 Å². The number of rotatable bonds is 2. The molecule has 0 saturated carbocycles. The number of hydrogen-bond donors (Lipinski definition) is 2. The lowest BCUT2D eigenvalue weighted by Gasteiger charge is -2.28. The van der Waals surface area contributed by atoms with Crippen molar-refractivity contribution in [2.45, 2.75) is 13.5 Å². The molecule has 2 aromatic carbocycles. The van der Waals surface area contributed by atoms with Crippen molar-refractivity contribution in [1.29, 1.82) is 0 Å². The quantitative estimate of drug-likeness (QED) is 0.545. The third kappa shape index (κ3) is 2.49. The van der Waals surface area contributed by atoms with Crippen LogP contribution in [-0.2, 0) is 6.54 Å². The lowest BCUT2D eigenvalue weighted by Crippen LogP contribution is -2.37. The Morgan fingerprint density at radius 1 is 1.09 bits per heavy atom. The van der Waals surface area contributed by atoms with Crippen molar-refractivity contribution < 1.29 is 0 Å². The van der Waals surface area contributed by atoms with Gasteiger partial charge in [-0.3, -0.25) is 5.01 Å². The summed E-state index contributed by atoms with van der Waals surface area (Å²) in [6.45, 7) is 3.94. The van der Waals surface area contributed by atoms with Crippen LogP contribution in [0.2, 0.25) is 0 Å². The Hall–Kier alpha value is -1.38. The summed E-state index contributed by atoms with van der Waals surface area (Å²) in [5, 5.41) is 2.18. The van der Waals surface area contributed by atoms with Gasteiger partial charge in [0.05, 0.1) is 23.6 Å². The molecule has 4 nitrogen and oxygen atoms in total. The summed E-state index contributed by atoms with van der Waals surface area (Å²) in [6.07, 6.45) is 0. The van der Waals surface area contributed by atoms with E-state index in [4.69, 9.17) is 0 Å². The van der Waals surface area contributed by atoms with Gasteiger partial charge in [0.15, 0.2) is 0 Å². The highest BCUT2D eigenvalue weighted by atomic mass is 127. The number of para-hydroxylation sites is 1. The lowest BCUT2D eigenvalue weighted by atomic mass is 9.97. The largest absolute Gasteiger partial charge is 0.302 e. The van der Waals surface area contributed by atoms with E-state index in [2.05, 4.69) is 96.9 Å².